The molecule has 4 nitrogen and oxygen atoms in total. The van der Waals surface area contributed by atoms with Crippen molar-refractivity contribution in [2.45, 2.75) is 26.0 Å². The van der Waals surface area contributed by atoms with E-state index in [0.29, 0.717) is 6.54 Å². The lowest BCUT2D eigenvalue weighted by Crippen LogP contribution is -2.29. The number of anilines is 1. The zero-order valence-corrected chi connectivity index (χ0v) is 8.78. The lowest BCUT2D eigenvalue weighted by molar-refractivity contribution is 0.00808. The maximum Gasteiger partial charge on any atom is 0.204 e. The molecule has 4 heteroatoms. The van der Waals surface area contributed by atoms with Crippen LogP contribution in [0, 0.1) is 0 Å². The molecular weight excluding hydrogens is 180 g/mol. The lowest BCUT2D eigenvalue weighted by atomic mass is 10.1. The van der Waals surface area contributed by atoms with Crippen molar-refractivity contribution < 1.29 is 4.74 Å². The van der Waals surface area contributed by atoms with Gasteiger partial charge in [0.2, 0.25) is 5.43 Å². The number of ether oxygens (including phenoxy) is 1. The Hall–Kier alpha value is -1.29. The van der Waals surface area contributed by atoms with Crippen molar-refractivity contribution in [1.82, 2.24) is 4.57 Å². The van der Waals surface area contributed by atoms with E-state index in [1.165, 1.54) is 6.07 Å². The smallest absolute Gasteiger partial charge is 0.204 e. The SMILES string of the molecule is COC(C)(C)Cn1ccc(=O)c(N)c1. The van der Waals surface area contributed by atoms with Crippen LogP contribution in [0.5, 0.6) is 0 Å². The topological polar surface area (TPSA) is 57.2 Å². The van der Waals surface area contributed by atoms with Crippen LogP contribution < -0.4 is 11.2 Å². The van der Waals surface area contributed by atoms with Crippen molar-refractivity contribution in [1.29, 1.82) is 0 Å². The van der Waals surface area contributed by atoms with E-state index in [0.717, 1.165) is 0 Å². The second-order valence-corrected chi connectivity index (χ2v) is 3.90. The molecule has 0 aliphatic rings. The first-order valence-corrected chi connectivity index (χ1v) is 4.45. The molecule has 0 aromatic carbocycles. The molecule has 14 heavy (non-hydrogen) atoms. The molecule has 2 N–H and O–H groups in total. The van der Waals surface area contributed by atoms with Gasteiger partial charge in [0.25, 0.3) is 0 Å². The van der Waals surface area contributed by atoms with E-state index in [1.54, 1.807) is 19.5 Å². The van der Waals surface area contributed by atoms with Crippen molar-refractivity contribution in [2.75, 3.05) is 12.8 Å². The van der Waals surface area contributed by atoms with Gasteiger partial charge in [-0.2, -0.15) is 0 Å². The average Bonchev–Trinajstić information content (AvgIpc) is 2.11. The van der Waals surface area contributed by atoms with E-state index in [4.69, 9.17) is 10.5 Å². The van der Waals surface area contributed by atoms with Gasteiger partial charge in [0.05, 0.1) is 17.8 Å². The van der Waals surface area contributed by atoms with Crippen molar-refractivity contribution in [3.05, 3.63) is 28.7 Å². The number of methoxy groups -OCH3 is 1. The van der Waals surface area contributed by atoms with Gasteiger partial charge in [-0.1, -0.05) is 0 Å². The standard InChI is InChI=1S/C10H16N2O2/c1-10(2,14-3)7-12-5-4-9(13)8(11)6-12/h4-6H,7,11H2,1-3H3. The van der Waals surface area contributed by atoms with E-state index in [9.17, 15) is 4.79 Å². The second kappa shape index (κ2) is 3.84. The molecular formula is C10H16N2O2. The van der Waals surface area contributed by atoms with Gasteiger partial charge in [-0.15, -0.1) is 0 Å². The Balaban J connectivity index is 2.88. The normalized spacial score (nSPS) is 11.6. The van der Waals surface area contributed by atoms with Gasteiger partial charge < -0.3 is 15.0 Å². The lowest BCUT2D eigenvalue weighted by Gasteiger charge is -2.24. The highest BCUT2D eigenvalue weighted by molar-refractivity contribution is 5.33. The van der Waals surface area contributed by atoms with Gasteiger partial charge in [-0.05, 0) is 13.8 Å². The maximum atomic E-state index is 11.0. The monoisotopic (exact) mass is 196 g/mol. The van der Waals surface area contributed by atoms with Crippen molar-refractivity contribution >= 4 is 5.69 Å². The van der Waals surface area contributed by atoms with Gasteiger partial charge in [-0.25, -0.2) is 0 Å². The third-order valence-electron chi connectivity index (χ3n) is 2.12. The Bertz CT molecular complexity index is 369. The van der Waals surface area contributed by atoms with Crippen LogP contribution in [0.15, 0.2) is 23.3 Å². The first-order valence-electron chi connectivity index (χ1n) is 4.45. The number of rotatable bonds is 3. The van der Waals surface area contributed by atoms with Crippen LogP contribution in [-0.4, -0.2) is 17.3 Å². The van der Waals surface area contributed by atoms with Crippen LogP contribution in [0.1, 0.15) is 13.8 Å². The maximum absolute atomic E-state index is 11.0. The summed E-state index contributed by atoms with van der Waals surface area (Å²) < 4.78 is 7.12. The molecule has 1 aromatic heterocycles. The number of nitrogens with two attached hydrogens (primary N) is 1. The third-order valence-corrected chi connectivity index (χ3v) is 2.12. The molecule has 0 unspecified atom stereocenters. The molecule has 0 saturated carbocycles. The highest BCUT2D eigenvalue weighted by atomic mass is 16.5. The van der Waals surface area contributed by atoms with Gasteiger partial charge >= 0.3 is 0 Å². The summed E-state index contributed by atoms with van der Waals surface area (Å²) in [5.41, 5.74) is 5.37. The predicted octanol–water partition coefficient (Wildman–Crippen LogP) is 0.855. The molecule has 1 rings (SSSR count). The Kier molecular flexibility index (Phi) is 2.96. The fourth-order valence-electron chi connectivity index (χ4n) is 1.15. The van der Waals surface area contributed by atoms with Gasteiger partial charge in [0.15, 0.2) is 0 Å². The minimum Gasteiger partial charge on any atom is -0.394 e. The quantitative estimate of drug-likeness (QED) is 0.780. The third kappa shape index (κ3) is 2.60. The van der Waals surface area contributed by atoms with E-state index in [-0.39, 0.29) is 16.7 Å². The number of hydrogen-bond donors (Lipinski definition) is 1. The van der Waals surface area contributed by atoms with Crippen LogP contribution in [0.25, 0.3) is 0 Å². The Morgan fingerprint density at radius 2 is 2.21 bits per heavy atom. The molecule has 0 atom stereocenters. The van der Waals surface area contributed by atoms with E-state index >= 15 is 0 Å². The summed E-state index contributed by atoms with van der Waals surface area (Å²) in [4.78, 5) is 11.0. The fourth-order valence-corrected chi connectivity index (χ4v) is 1.15. The number of pyridine rings is 1. The fraction of sp³-hybridized carbons (Fsp3) is 0.500. The minimum absolute atomic E-state index is 0.142. The predicted molar refractivity (Wildman–Crippen MR) is 56.2 cm³/mol. The Labute approximate surface area is 83.3 Å². The summed E-state index contributed by atoms with van der Waals surface area (Å²) in [6.07, 6.45) is 3.34. The van der Waals surface area contributed by atoms with E-state index < -0.39 is 0 Å². The number of nitrogen functional groups attached to an aromatic ring is 1. The molecule has 0 aliphatic heterocycles. The van der Waals surface area contributed by atoms with Crippen LogP contribution in [0.2, 0.25) is 0 Å². The molecule has 0 spiro atoms. The van der Waals surface area contributed by atoms with Gasteiger partial charge in [0.1, 0.15) is 0 Å². The van der Waals surface area contributed by atoms with Crippen LogP contribution >= 0.6 is 0 Å². The summed E-state index contributed by atoms with van der Waals surface area (Å²) in [5.74, 6) is 0. The molecule has 1 aromatic rings. The largest absolute Gasteiger partial charge is 0.394 e. The second-order valence-electron chi connectivity index (χ2n) is 3.90. The van der Waals surface area contributed by atoms with Crippen molar-refractivity contribution in [2.24, 2.45) is 0 Å². The van der Waals surface area contributed by atoms with Gasteiger partial charge in [0, 0.05) is 25.6 Å². The van der Waals surface area contributed by atoms with Crippen LogP contribution in [0.3, 0.4) is 0 Å². The summed E-state index contributed by atoms with van der Waals surface area (Å²) >= 11 is 0. The molecule has 0 aliphatic carbocycles. The molecule has 78 valence electrons. The summed E-state index contributed by atoms with van der Waals surface area (Å²) in [6, 6.07) is 1.46. The zero-order chi connectivity index (χ0) is 10.8. The molecule has 0 fully saturated rings. The number of nitrogens with zero attached hydrogens (tertiary/aromatic N) is 1. The zero-order valence-electron chi connectivity index (χ0n) is 8.78. The summed E-state index contributed by atoms with van der Waals surface area (Å²) in [6.45, 7) is 4.61. The Morgan fingerprint density at radius 3 is 2.71 bits per heavy atom. The van der Waals surface area contributed by atoms with Crippen molar-refractivity contribution in [3.63, 3.8) is 0 Å². The molecule has 0 amide bonds. The molecule has 1 heterocycles. The summed E-state index contributed by atoms with van der Waals surface area (Å²) in [5, 5.41) is 0. The number of hydrogen-bond acceptors (Lipinski definition) is 3. The Morgan fingerprint density at radius 1 is 1.57 bits per heavy atom. The minimum atomic E-state index is -0.262. The van der Waals surface area contributed by atoms with Crippen LogP contribution in [-0.2, 0) is 11.3 Å². The van der Waals surface area contributed by atoms with E-state index in [2.05, 4.69) is 0 Å². The molecule has 0 bridgehead atoms. The number of aromatic nitrogens is 1. The summed E-state index contributed by atoms with van der Waals surface area (Å²) in [7, 11) is 1.66. The van der Waals surface area contributed by atoms with Gasteiger partial charge in [-0.3, -0.25) is 4.79 Å². The highest BCUT2D eigenvalue weighted by Gasteiger charge is 2.16. The first kappa shape index (κ1) is 10.8. The van der Waals surface area contributed by atoms with Crippen molar-refractivity contribution in [3.8, 4) is 0 Å². The van der Waals surface area contributed by atoms with Crippen LogP contribution in [0.4, 0.5) is 5.69 Å². The average molecular weight is 196 g/mol. The highest BCUT2D eigenvalue weighted by Crippen LogP contribution is 2.10. The first-order chi connectivity index (χ1) is 6.44. The molecule has 0 radical (unpaired) electrons. The molecule has 0 saturated heterocycles. The van der Waals surface area contributed by atoms with E-state index in [1.807, 2.05) is 18.4 Å².